The van der Waals surface area contributed by atoms with E-state index in [1.807, 2.05) is 74.5 Å². The quantitative estimate of drug-likeness (QED) is 0.214. The second kappa shape index (κ2) is 11.7. The number of hydrogen-bond acceptors (Lipinski definition) is 5. The maximum Gasteiger partial charge on any atom is 0.324 e. The number of nitrogens with one attached hydrogen (secondary N) is 3. The lowest BCUT2D eigenvalue weighted by molar-refractivity contribution is 0.0887. The lowest BCUT2D eigenvalue weighted by Gasteiger charge is -2.31. The predicted molar refractivity (Wildman–Crippen MR) is 162 cm³/mol. The highest BCUT2D eigenvalue weighted by Gasteiger charge is 2.35. The molecule has 41 heavy (non-hydrogen) atoms. The van der Waals surface area contributed by atoms with Crippen molar-refractivity contribution >= 4 is 23.3 Å². The molecule has 2 aromatic carbocycles. The standard InChI is InChI=1S/C33H39N5O3/c1-21-10-12-24(13-11-21)38-28(20-27(37-38)33(3,4)5)36-32(40)35-26-9-7-6-8-25(26)29(23-14-17-34-18-15-23)30(39)31-22(2)16-19-41-31/h6-13,16,19-20,23,29,34H,14-15,17-18H2,1-5H3,(H2,35,36,40). The number of rotatable bonds is 7. The maximum atomic E-state index is 13.9. The Kier molecular flexibility index (Phi) is 8.13. The summed E-state index contributed by atoms with van der Waals surface area (Å²) in [6, 6.07) is 18.9. The number of anilines is 2. The van der Waals surface area contributed by atoms with Crippen LogP contribution >= 0.6 is 0 Å². The topological polar surface area (TPSA) is 101 Å². The van der Waals surface area contributed by atoms with Crippen LogP contribution in [0.25, 0.3) is 5.69 Å². The number of benzene rings is 2. The van der Waals surface area contributed by atoms with Crippen molar-refractivity contribution in [2.45, 2.75) is 58.8 Å². The molecular formula is C33H39N5O3. The van der Waals surface area contributed by atoms with Gasteiger partial charge in [0.25, 0.3) is 0 Å². The van der Waals surface area contributed by atoms with Crippen LogP contribution in [-0.4, -0.2) is 34.7 Å². The highest BCUT2D eigenvalue weighted by Crippen LogP contribution is 2.38. The van der Waals surface area contributed by atoms with Crippen LogP contribution < -0.4 is 16.0 Å². The highest BCUT2D eigenvalue weighted by atomic mass is 16.3. The number of hydrogen-bond donors (Lipinski definition) is 3. The summed E-state index contributed by atoms with van der Waals surface area (Å²) in [6.45, 7) is 11.9. The number of aryl methyl sites for hydroxylation is 2. The lowest BCUT2D eigenvalue weighted by atomic mass is 9.76. The zero-order chi connectivity index (χ0) is 29.1. The maximum absolute atomic E-state index is 13.9. The van der Waals surface area contributed by atoms with Crippen molar-refractivity contribution in [3.63, 3.8) is 0 Å². The minimum absolute atomic E-state index is 0.0543. The van der Waals surface area contributed by atoms with Crippen LogP contribution in [0.2, 0.25) is 0 Å². The Balaban J connectivity index is 1.46. The molecule has 5 rings (SSSR count). The summed E-state index contributed by atoms with van der Waals surface area (Å²) in [5, 5.41) is 14.3. The largest absolute Gasteiger partial charge is 0.461 e. The Morgan fingerprint density at radius 3 is 2.37 bits per heavy atom. The number of amides is 2. The Bertz CT molecular complexity index is 1520. The number of carbonyl (C=O) groups excluding carboxylic acids is 2. The molecule has 2 amide bonds. The summed E-state index contributed by atoms with van der Waals surface area (Å²) >= 11 is 0. The van der Waals surface area contributed by atoms with Crippen LogP contribution in [0.1, 0.15) is 72.5 Å². The van der Waals surface area contributed by atoms with Gasteiger partial charge in [0.15, 0.2) is 5.76 Å². The molecule has 1 aliphatic rings. The van der Waals surface area contributed by atoms with E-state index in [4.69, 9.17) is 9.52 Å². The number of aromatic nitrogens is 2. The van der Waals surface area contributed by atoms with E-state index in [1.165, 1.54) is 0 Å². The Morgan fingerprint density at radius 1 is 1.00 bits per heavy atom. The van der Waals surface area contributed by atoms with E-state index < -0.39 is 11.9 Å². The summed E-state index contributed by atoms with van der Waals surface area (Å²) < 4.78 is 7.39. The monoisotopic (exact) mass is 553 g/mol. The van der Waals surface area contributed by atoms with Gasteiger partial charge in [-0.2, -0.15) is 5.10 Å². The molecule has 0 aliphatic carbocycles. The number of carbonyl (C=O) groups is 2. The van der Waals surface area contributed by atoms with Crippen molar-refractivity contribution in [1.82, 2.24) is 15.1 Å². The van der Waals surface area contributed by atoms with Gasteiger partial charge in [-0.25, -0.2) is 9.48 Å². The second-order valence-electron chi connectivity index (χ2n) is 11.9. The van der Waals surface area contributed by atoms with E-state index in [0.717, 1.165) is 54.0 Å². The smallest absolute Gasteiger partial charge is 0.324 e. The van der Waals surface area contributed by atoms with Gasteiger partial charge in [-0.05, 0) is 81.1 Å². The van der Waals surface area contributed by atoms with E-state index >= 15 is 0 Å². The van der Waals surface area contributed by atoms with Gasteiger partial charge in [0.2, 0.25) is 5.78 Å². The molecule has 0 saturated carbocycles. The molecular weight excluding hydrogens is 514 g/mol. The highest BCUT2D eigenvalue weighted by molar-refractivity contribution is 6.03. The Labute approximate surface area is 241 Å². The first-order valence-corrected chi connectivity index (χ1v) is 14.3. The second-order valence-corrected chi connectivity index (χ2v) is 11.9. The third kappa shape index (κ3) is 6.28. The zero-order valence-corrected chi connectivity index (χ0v) is 24.5. The fourth-order valence-corrected chi connectivity index (χ4v) is 5.42. The number of piperidine rings is 1. The first-order valence-electron chi connectivity index (χ1n) is 14.3. The third-order valence-corrected chi connectivity index (χ3v) is 7.77. The van der Waals surface area contributed by atoms with E-state index in [1.54, 1.807) is 10.9 Å². The molecule has 214 valence electrons. The molecule has 0 spiro atoms. The fourth-order valence-electron chi connectivity index (χ4n) is 5.42. The molecule has 1 aliphatic heterocycles. The number of urea groups is 1. The summed E-state index contributed by atoms with van der Waals surface area (Å²) in [7, 11) is 0. The van der Waals surface area contributed by atoms with Crippen molar-refractivity contribution in [1.29, 1.82) is 0 Å². The van der Waals surface area contributed by atoms with Crippen LogP contribution in [-0.2, 0) is 5.41 Å². The number of ketones is 1. The van der Waals surface area contributed by atoms with E-state index in [9.17, 15) is 9.59 Å². The number of nitrogens with zero attached hydrogens (tertiary/aromatic N) is 2. The zero-order valence-electron chi connectivity index (χ0n) is 24.5. The molecule has 3 N–H and O–H groups in total. The first kappa shape index (κ1) is 28.4. The molecule has 2 aromatic heterocycles. The van der Waals surface area contributed by atoms with E-state index in [2.05, 4.69) is 36.7 Å². The molecule has 1 atom stereocenters. The van der Waals surface area contributed by atoms with Crippen molar-refractivity contribution < 1.29 is 14.0 Å². The molecule has 0 radical (unpaired) electrons. The van der Waals surface area contributed by atoms with Crippen molar-refractivity contribution in [2.24, 2.45) is 5.92 Å². The average Bonchev–Trinajstić information content (AvgIpc) is 3.57. The van der Waals surface area contributed by atoms with Crippen molar-refractivity contribution in [3.8, 4) is 5.69 Å². The van der Waals surface area contributed by atoms with Gasteiger partial charge in [-0.1, -0.05) is 56.7 Å². The lowest BCUT2D eigenvalue weighted by Crippen LogP contribution is -2.34. The molecule has 1 fully saturated rings. The molecule has 1 saturated heterocycles. The van der Waals surface area contributed by atoms with Crippen LogP contribution in [0, 0.1) is 19.8 Å². The summed E-state index contributed by atoms with van der Waals surface area (Å²) in [5.41, 5.74) is 4.86. The predicted octanol–water partition coefficient (Wildman–Crippen LogP) is 6.99. The molecule has 8 nitrogen and oxygen atoms in total. The number of furan rings is 1. The fraction of sp³-hybridized carbons (Fsp3) is 0.364. The summed E-state index contributed by atoms with van der Waals surface area (Å²) in [5.74, 6) is 0.567. The van der Waals surface area contributed by atoms with Crippen LogP contribution in [0.4, 0.5) is 16.3 Å². The SMILES string of the molecule is Cc1ccc(-n2nc(C(C)(C)C)cc2NC(=O)Nc2ccccc2C(C(=O)c2occc2C)C2CCNCC2)cc1. The van der Waals surface area contributed by atoms with E-state index in [0.29, 0.717) is 17.3 Å². The molecule has 4 aromatic rings. The Morgan fingerprint density at radius 2 is 1.71 bits per heavy atom. The Hall–Kier alpha value is -4.17. The van der Waals surface area contributed by atoms with Crippen molar-refractivity contribution in [2.75, 3.05) is 23.7 Å². The number of para-hydroxylation sites is 1. The van der Waals surface area contributed by atoms with E-state index in [-0.39, 0.29) is 17.1 Å². The minimum atomic E-state index is -0.441. The third-order valence-electron chi connectivity index (χ3n) is 7.77. The van der Waals surface area contributed by atoms with Crippen LogP contribution in [0.15, 0.2) is 71.3 Å². The van der Waals surface area contributed by atoms with Gasteiger partial charge < -0.3 is 15.1 Å². The van der Waals surface area contributed by atoms with Gasteiger partial charge in [-0.3, -0.25) is 10.1 Å². The van der Waals surface area contributed by atoms with Gasteiger partial charge in [0, 0.05) is 17.2 Å². The molecule has 0 bridgehead atoms. The van der Waals surface area contributed by atoms with Crippen molar-refractivity contribution in [3.05, 3.63) is 95.1 Å². The summed E-state index contributed by atoms with van der Waals surface area (Å²) in [6.07, 6.45) is 3.28. The molecule has 8 heteroatoms. The number of Topliss-reactive ketones (excluding diaryl/α,β-unsaturated/α-hetero) is 1. The first-order chi connectivity index (χ1) is 19.6. The molecule has 3 heterocycles. The van der Waals surface area contributed by atoms with Gasteiger partial charge in [0.1, 0.15) is 5.82 Å². The normalized spacial score (nSPS) is 15.0. The average molecular weight is 554 g/mol. The van der Waals surface area contributed by atoms with Crippen LogP contribution in [0.3, 0.4) is 0 Å². The summed E-state index contributed by atoms with van der Waals surface area (Å²) in [4.78, 5) is 27.4. The van der Waals surface area contributed by atoms with Gasteiger partial charge in [0.05, 0.1) is 23.6 Å². The van der Waals surface area contributed by atoms with Crippen LogP contribution in [0.5, 0.6) is 0 Å². The minimum Gasteiger partial charge on any atom is -0.461 e. The molecule has 1 unspecified atom stereocenters. The van der Waals surface area contributed by atoms with Gasteiger partial charge in [-0.15, -0.1) is 0 Å². The van der Waals surface area contributed by atoms with Gasteiger partial charge >= 0.3 is 6.03 Å².